The molecule has 6 nitrogen and oxygen atoms in total. The van der Waals surface area contributed by atoms with E-state index in [1.54, 1.807) is 12.1 Å². The van der Waals surface area contributed by atoms with Crippen molar-refractivity contribution in [1.29, 1.82) is 0 Å². The van der Waals surface area contributed by atoms with Crippen LogP contribution in [0.5, 0.6) is 5.75 Å². The van der Waals surface area contributed by atoms with Gasteiger partial charge in [0.1, 0.15) is 5.75 Å². The topological polar surface area (TPSA) is 99.3 Å². The molecule has 0 spiro atoms. The first-order valence-electron chi connectivity index (χ1n) is 12.6. The van der Waals surface area contributed by atoms with E-state index in [4.69, 9.17) is 10.5 Å². The number of nitrogens with two attached hydrogens (primary N) is 1. The maximum atomic E-state index is 13.4. The highest BCUT2D eigenvalue weighted by Gasteiger charge is 2.63. The van der Waals surface area contributed by atoms with Crippen LogP contribution >= 0.6 is 0 Å². The van der Waals surface area contributed by atoms with Crippen LogP contribution in [0.2, 0.25) is 0 Å². The highest BCUT2D eigenvalue weighted by Crippen LogP contribution is 2.59. The second-order valence-corrected chi connectivity index (χ2v) is 12.6. The van der Waals surface area contributed by atoms with E-state index in [2.05, 4.69) is 4.98 Å². The van der Waals surface area contributed by atoms with Crippen LogP contribution in [-0.2, 0) is 21.4 Å². The number of carbonyl (C=O) groups excluding carboxylic acids is 1. The van der Waals surface area contributed by atoms with Crippen LogP contribution in [0, 0.1) is 0 Å². The molecule has 0 saturated heterocycles. The van der Waals surface area contributed by atoms with Gasteiger partial charge in [-0.2, -0.15) is 13.2 Å². The molecule has 2 unspecified atom stereocenters. The standard InChI is InChI=1S/C30H27F3N2O4S/c1-17(2)39-26-15-25-21(13-23(26)29(16-27(29)40(3,37)38)19-9-5-4-6-10-19)22(28(34)36)14-24(35-25)18-8-7-11-20(12-18)30(31,32)33/h4-15,17,27H,16H2,1-3H3,(H2,34,36). The second kappa shape index (κ2) is 9.62. The van der Waals surface area contributed by atoms with Gasteiger partial charge >= 0.3 is 6.18 Å². The smallest absolute Gasteiger partial charge is 0.416 e. The van der Waals surface area contributed by atoms with Gasteiger partial charge < -0.3 is 10.5 Å². The van der Waals surface area contributed by atoms with Gasteiger partial charge in [0, 0.05) is 34.3 Å². The zero-order valence-corrected chi connectivity index (χ0v) is 22.8. The zero-order valence-electron chi connectivity index (χ0n) is 22.0. The average Bonchev–Trinajstić information content (AvgIpc) is 3.65. The van der Waals surface area contributed by atoms with Gasteiger partial charge in [-0.3, -0.25) is 4.79 Å². The molecule has 0 bridgehead atoms. The summed E-state index contributed by atoms with van der Waals surface area (Å²) >= 11 is 0. The van der Waals surface area contributed by atoms with Gasteiger partial charge in [-0.05, 0) is 50.1 Å². The molecule has 1 amide bonds. The van der Waals surface area contributed by atoms with Crippen LogP contribution < -0.4 is 10.5 Å². The molecule has 1 saturated carbocycles. The van der Waals surface area contributed by atoms with Crippen molar-refractivity contribution < 1.29 is 31.1 Å². The summed E-state index contributed by atoms with van der Waals surface area (Å²) in [7, 11) is -3.47. The van der Waals surface area contributed by atoms with Gasteiger partial charge in [-0.1, -0.05) is 42.5 Å². The molecule has 40 heavy (non-hydrogen) atoms. The molecule has 3 aromatic carbocycles. The number of halogens is 3. The van der Waals surface area contributed by atoms with Gasteiger partial charge in [-0.25, -0.2) is 13.4 Å². The van der Waals surface area contributed by atoms with Gasteiger partial charge in [0.05, 0.1) is 33.7 Å². The first kappa shape index (κ1) is 27.6. The Kier molecular flexibility index (Phi) is 6.65. The molecule has 1 aromatic heterocycles. The van der Waals surface area contributed by atoms with E-state index in [1.165, 1.54) is 24.5 Å². The Balaban J connectivity index is 1.79. The van der Waals surface area contributed by atoms with Crippen molar-refractivity contribution in [2.45, 2.75) is 43.2 Å². The maximum absolute atomic E-state index is 13.4. The number of hydrogen-bond donors (Lipinski definition) is 1. The highest BCUT2D eigenvalue weighted by molar-refractivity contribution is 7.91. The van der Waals surface area contributed by atoms with Gasteiger partial charge in [0.15, 0.2) is 9.84 Å². The van der Waals surface area contributed by atoms with E-state index in [1.807, 2.05) is 44.2 Å². The SMILES string of the molecule is CC(C)Oc1cc2nc(-c3cccc(C(F)(F)F)c3)cc(C(N)=O)c2cc1C1(c2ccccc2)CC1S(C)(=O)=O. The minimum atomic E-state index is -4.56. The molecule has 10 heteroatoms. The molecule has 5 rings (SSSR count). The molecule has 4 aromatic rings. The van der Waals surface area contributed by atoms with E-state index in [0.29, 0.717) is 23.1 Å². The number of sulfone groups is 1. The van der Waals surface area contributed by atoms with Crippen molar-refractivity contribution in [2.75, 3.05) is 6.26 Å². The number of pyridine rings is 1. The van der Waals surface area contributed by atoms with Crippen LogP contribution in [0.3, 0.4) is 0 Å². The molecule has 0 aliphatic heterocycles. The van der Waals surface area contributed by atoms with Crippen LogP contribution in [0.1, 0.15) is 47.3 Å². The third kappa shape index (κ3) is 4.92. The van der Waals surface area contributed by atoms with Crippen molar-refractivity contribution in [3.05, 3.63) is 95.1 Å². The third-order valence-corrected chi connectivity index (χ3v) is 8.81. The Morgan fingerprint density at radius 2 is 1.75 bits per heavy atom. The fraction of sp³-hybridized carbons (Fsp3) is 0.267. The predicted molar refractivity (Wildman–Crippen MR) is 147 cm³/mol. The first-order valence-corrected chi connectivity index (χ1v) is 14.5. The van der Waals surface area contributed by atoms with Gasteiger partial charge in [0.2, 0.25) is 5.91 Å². The molecular formula is C30H27F3N2O4S. The number of carbonyl (C=O) groups is 1. The third-order valence-electron chi connectivity index (χ3n) is 7.21. The lowest BCUT2D eigenvalue weighted by Crippen LogP contribution is -2.22. The summed E-state index contributed by atoms with van der Waals surface area (Å²) in [4.78, 5) is 17.2. The number of primary amides is 1. The number of nitrogens with zero attached hydrogens (tertiary/aromatic N) is 1. The van der Waals surface area contributed by atoms with E-state index in [-0.39, 0.29) is 28.4 Å². The van der Waals surface area contributed by atoms with Gasteiger partial charge in [0.25, 0.3) is 0 Å². The fourth-order valence-electron chi connectivity index (χ4n) is 5.39. The Morgan fingerprint density at radius 1 is 1.05 bits per heavy atom. The molecule has 208 valence electrons. The lowest BCUT2D eigenvalue weighted by molar-refractivity contribution is -0.137. The number of ether oxygens (including phenoxy) is 1. The molecule has 2 N–H and O–H groups in total. The molecule has 1 heterocycles. The summed E-state index contributed by atoms with van der Waals surface area (Å²) in [5, 5.41) is -0.368. The van der Waals surface area contributed by atoms with Crippen LogP contribution in [0.25, 0.3) is 22.2 Å². The second-order valence-electron chi connectivity index (χ2n) is 10.4. The minimum absolute atomic E-state index is 0.0505. The Hall–Kier alpha value is -3.92. The van der Waals surface area contributed by atoms with Crippen LogP contribution in [0.4, 0.5) is 13.2 Å². The van der Waals surface area contributed by atoms with Crippen molar-refractivity contribution in [1.82, 2.24) is 4.98 Å². The average molecular weight is 569 g/mol. The zero-order chi connectivity index (χ0) is 29.0. The molecule has 2 atom stereocenters. The van der Waals surface area contributed by atoms with Crippen molar-refractivity contribution >= 4 is 26.6 Å². The Morgan fingerprint density at radius 3 is 2.33 bits per heavy atom. The summed E-state index contributed by atoms with van der Waals surface area (Å²) in [6.07, 6.45) is -3.33. The maximum Gasteiger partial charge on any atom is 0.416 e. The molecule has 1 aliphatic carbocycles. The lowest BCUT2D eigenvalue weighted by atomic mass is 9.85. The lowest BCUT2D eigenvalue weighted by Gasteiger charge is -2.24. The molecular weight excluding hydrogens is 541 g/mol. The Labute approximate surface area is 229 Å². The molecule has 1 aliphatic rings. The van der Waals surface area contributed by atoms with E-state index >= 15 is 0 Å². The number of amides is 1. The summed E-state index contributed by atoms with van der Waals surface area (Å²) in [5.41, 5.74) is 5.96. The number of rotatable bonds is 7. The number of hydrogen-bond acceptors (Lipinski definition) is 5. The van der Waals surface area contributed by atoms with E-state index < -0.39 is 38.1 Å². The van der Waals surface area contributed by atoms with Crippen molar-refractivity contribution in [3.63, 3.8) is 0 Å². The molecule has 0 radical (unpaired) electrons. The van der Waals surface area contributed by atoms with E-state index in [0.717, 1.165) is 17.7 Å². The van der Waals surface area contributed by atoms with Crippen LogP contribution in [0.15, 0.2) is 72.8 Å². The summed E-state index contributed by atoms with van der Waals surface area (Å²) in [5.74, 6) is -0.421. The Bertz CT molecular complexity index is 1740. The highest BCUT2D eigenvalue weighted by atomic mass is 32.2. The summed E-state index contributed by atoms with van der Waals surface area (Å²) in [6, 6.07) is 18.5. The van der Waals surface area contributed by atoms with E-state index in [9.17, 15) is 26.4 Å². The molecule has 1 fully saturated rings. The number of benzene rings is 3. The van der Waals surface area contributed by atoms with Crippen molar-refractivity contribution in [2.24, 2.45) is 5.73 Å². The number of fused-ring (bicyclic) bond motifs is 1. The first-order chi connectivity index (χ1) is 18.7. The minimum Gasteiger partial charge on any atom is -0.491 e. The van der Waals surface area contributed by atoms with Crippen molar-refractivity contribution in [3.8, 4) is 17.0 Å². The van der Waals surface area contributed by atoms with Crippen LogP contribution in [-0.4, -0.2) is 36.9 Å². The predicted octanol–water partition coefficient (Wildman–Crippen LogP) is 5.91. The largest absolute Gasteiger partial charge is 0.491 e. The number of alkyl halides is 3. The summed E-state index contributed by atoms with van der Waals surface area (Å²) in [6.45, 7) is 3.65. The normalized spacial score (nSPS) is 19.1. The van der Waals surface area contributed by atoms with Gasteiger partial charge in [-0.15, -0.1) is 0 Å². The quantitative estimate of drug-likeness (QED) is 0.299. The monoisotopic (exact) mass is 568 g/mol. The number of aromatic nitrogens is 1. The fourth-order valence-corrected chi connectivity index (χ4v) is 6.95. The summed E-state index contributed by atoms with van der Waals surface area (Å²) < 4.78 is 72.0.